The molecule has 1 aromatic rings. The topological polar surface area (TPSA) is 125 Å². The third-order valence-electron chi connectivity index (χ3n) is 9.00. The van der Waals surface area contributed by atoms with E-state index in [4.69, 9.17) is 9.47 Å². The molecule has 2 saturated carbocycles. The van der Waals surface area contributed by atoms with Gasteiger partial charge in [-0.1, -0.05) is 45.0 Å². The second-order valence-corrected chi connectivity index (χ2v) is 11.6. The maximum Gasteiger partial charge on any atom is 0.411 e. The summed E-state index contributed by atoms with van der Waals surface area (Å²) in [5.41, 5.74) is -6.83. The van der Waals surface area contributed by atoms with Crippen LogP contribution in [0.1, 0.15) is 53.9 Å². The number of ether oxygens (including phenoxy) is 2. The first kappa shape index (κ1) is 25.8. The zero-order valence-electron chi connectivity index (χ0n) is 21.1. The van der Waals surface area contributed by atoms with Crippen molar-refractivity contribution in [3.63, 3.8) is 0 Å². The van der Waals surface area contributed by atoms with Crippen LogP contribution in [0.5, 0.6) is 0 Å². The zero-order valence-corrected chi connectivity index (χ0v) is 21.1. The van der Waals surface area contributed by atoms with Gasteiger partial charge in [0, 0.05) is 23.4 Å². The quantitative estimate of drug-likeness (QED) is 0.483. The van der Waals surface area contributed by atoms with Crippen LogP contribution in [0.25, 0.3) is 0 Å². The van der Waals surface area contributed by atoms with Gasteiger partial charge < -0.3 is 24.8 Å². The molecule has 0 unspecified atom stereocenters. The van der Waals surface area contributed by atoms with Crippen LogP contribution < -0.4 is 5.32 Å². The lowest BCUT2D eigenvalue weighted by atomic mass is 9.40. The van der Waals surface area contributed by atoms with Crippen LogP contribution in [0, 0.1) is 16.7 Å². The molecule has 2 aliphatic carbocycles. The molecule has 4 N–H and O–H groups in total. The largest absolute Gasteiger partial charge is 0.443 e. The number of hydrogen-bond donors (Lipinski definition) is 4. The Morgan fingerprint density at radius 3 is 2.40 bits per heavy atom. The van der Waals surface area contributed by atoms with E-state index in [9.17, 15) is 24.9 Å². The van der Waals surface area contributed by atoms with Crippen LogP contribution >= 0.6 is 0 Å². The van der Waals surface area contributed by atoms with E-state index in [1.54, 1.807) is 38.1 Å². The molecular weight excluding hydrogens is 450 g/mol. The van der Waals surface area contributed by atoms with Gasteiger partial charge in [-0.05, 0) is 44.2 Å². The van der Waals surface area contributed by atoms with Gasteiger partial charge in [-0.3, -0.25) is 10.1 Å². The molecule has 3 aliphatic rings. The third kappa shape index (κ3) is 3.49. The molecule has 35 heavy (non-hydrogen) atoms. The summed E-state index contributed by atoms with van der Waals surface area (Å²) in [5, 5.41) is 38.1. The summed E-state index contributed by atoms with van der Waals surface area (Å²) in [6.45, 7) is 12.4. The molecular formula is C27H37NO7. The van der Waals surface area contributed by atoms with Gasteiger partial charge in [0.1, 0.15) is 17.8 Å². The summed E-state index contributed by atoms with van der Waals surface area (Å²) in [6, 6.07) is 8.75. The van der Waals surface area contributed by atoms with E-state index < -0.39 is 63.7 Å². The van der Waals surface area contributed by atoms with Gasteiger partial charge in [-0.25, -0.2) is 4.79 Å². The number of nitrogens with one attached hydrogen (secondary N) is 1. The fourth-order valence-electron chi connectivity index (χ4n) is 7.20. The molecule has 1 aliphatic heterocycles. The molecule has 1 saturated heterocycles. The van der Waals surface area contributed by atoms with E-state index >= 15 is 0 Å². The molecule has 192 valence electrons. The molecule has 3 fully saturated rings. The van der Waals surface area contributed by atoms with Crippen LogP contribution in [-0.2, 0) is 14.3 Å². The molecule has 0 spiro atoms. The van der Waals surface area contributed by atoms with Crippen molar-refractivity contribution in [1.29, 1.82) is 0 Å². The molecule has 1 aromatic carbocycles. The van der Waals surface area contributed by atoms with Gasteiger partial charge >= 0.3 is 6.09 Å². The summed E-state index contributed by atoms with van der Waals surface area (Å²) >= 11 is 0. The summed E-state index contributed by atoms with van der Waals surface area (Å²) < 4.78 is 12.2. The number of carbonyl (C=O) groups excluding carboxylic acids is 2. The Morgan fingerprint density at radius 2 is 1.80 bits per heavy atom. The average molecular weight is 488 g/mol. The summed E-state index contributed by atoms with van der Waals surface area (Å²) in [6.07, 6.45) is -2.45. The van der Waals surface area contributed by atoms with Gasteiger partial charge in [0.2, 0.25) is 0 Å². The second-order valence-electron chi connectivity index (χ2n) is 11.6. The van der Waals surface area contributed by atoms with Gasteiger partial charge in [0.05, 0.1) is 11.7 Å². The second kappa shape index (κ2) is 8.13. The van der Waals surface area contributed by atoms with Crippen molar-refractivity contribution in [1.82, 2.24) is 0 Å². The lowest BCUT2D eigenvalue weighted by molar-refractivity contribution is -0.369. The minimum atomic E-state index is -2.24. The van der Waals surface area contributed by atoms with Crippen molar-refractivity contribution < 1.29 is 34.4 Å². The number of fused-ring (bicyclic) bond motifs is 3. The molecule has 4 rings (SSSR count). The fourth-order valence-corrected chi connectivity index (χ4v) is 7.20. The number of rotatable bonds is 3. The molecule has 8 heteroatoms. The van der Waals surface area contributed by atoms with Crippen molar-refractivity contribution in [2.24, 2.45) is 16.7 Å². The fraction of sp³-hybridized carbons (Fsp3) is 0.630. The standard InChI is InChI=1S/C27H37NO7/c1-7-24(4)15-18(30)27(33)25(5)17(29)13-14-23(2,3)20(25)19(21(31)26(27,6)35-24)34-22(32)28-16-11-9-8-10-12-16/h7-12,17,19-21,29,31,33H,1,13-15H2,2-6H3,(H,28,32)/t17-,19-,20-,21-,24-,25-,26+,27-/m0/s1. The van der Waals surface area contributed by atoms with Crippen LogP contribution in [0.15, 0.2) is 43.0 Å². The number of anilines is 1. The van der Waals surface area contributed by atoms with Crippen molar-refractivity contribution in [2.75, 3.05) is 5.32 Å². The monoisotopic (exact) mass is 487 g/mol. The lowest BCUT2D eigenvalue weighted by Gasteiger charge is -2.71. The number of aliphatic hydroxyl groups is 3. The van der Waals surface area contributed by atoms with Crippen LogP contribution in [0.4, 0.5) is 10.5 Å². The number of benzene rings is 1. The van der Waals surface area contributed by atoms with Gasteiger partial charge in [-0.2, -0.15) is 0 Å². The molecule has 0 bridgehead atoms. The minimum Gasteiger partial charge on any atom is -0.443 e. The highest BCUT2D eigenvalue weighted by Gasteiger charge is 2.81. The number of amides is 1. The lowest BCUT2D eigenvalue weighted by Crippen LogP contribution is -2.86. The van der Waals surface area contributed by atoms with E-state index in [1.165, 1.54) is 13.0 Å². The molecule has 8 nitrogen and oxygen atoms in total. The third-order valence-corrected chi connectivity index (χ3v) is 9.00. The summed E-state index contributed by atoms with van der Waals surface area (Å²) in [5.74, 6) is -1.29. The number of hydrogen-bond acceptors (Lipinski definition) is 7. The van der Waals surface area contributed by atoms with Gasteiger partial charge in [-0.15, -0.1) is 6.58 Å². The van der Waals surface area contributed by atoms with E-state index in [1.807, 2.05) is 19.9 Å². The Hall–Kier alpha value is -2.26. The van der Waals surface area contributed by atoms with Crippen LogP contribution in [0.2, 0.25) is 0 Å². The Bertz CT molecular complexity index is 1030. The molecule has 8 atom stereocenters. The van der Waals surface area contributed by atoms with E-state index in [0.717, 1.165) is 0 Å². The zero-order chi connectivity index (χ0) is 26.0. The molecule has 1 heterocycles. The summed E-state index contributed by atoms with van der Waals surface area (Å²) in [4.78, 5) is 26.7. The highest BCUT2D eigenvalue weighted by molar-refractivity contribution is 5.92. The number of ketones is 1. The van der Waals surface area contributed by atoms with E-state index in [-0.39, 0.29) is 6.42 Å². The predicted molar refractivity (Wildman–Crippen MR) is 130 cm³/mol. The molecule has 0 aromatic heterocycles. The number of para-hydroxylation sites is 1. The first-order valence-electron chi connectivity index (χ1n) is 12.1. The van der Waals surface area contributed by atoms with Crippen molar-refractivity contribution in [3.8, 4) is 0 Å². The summed E-state index contributed by atoms with van der Waals surface area (Å²) in [7, 11) is 0. The van der Waals surface area contributed by atoms with Gasteiger partial charge in [0.15, 0.2) is 11.4 Å². The SMILES string of the molecule is C=C[C@@]1(C)CC(=O)[C@]2(O)[C@@]3(C)[C@@H](O)CCC(C)(C)[C@@H]3[C@H](OC(=O)Nc3ccccc3)[C@H](O)[C@@]2(C)O1. The molecule has 1 amide bonds. The highest BCUT2D eigenvalue weighted by Crippen LogP contribution is 2.67. The van der Waals surface area contributed by atoms with Crippen molar-refractivity contribution in [3.05, 3.63) is 43.0 Å². The maximum absolute atomic E-state index is 13.7. The van der Waals surface area contributed by atoms with Crippen LogP contribution in [0.3, 0.4) is 0 Å². The van der Waals surface area contributed by atoms with Crippen molar-refractivity contribution >= 4 is 17.6 Å². The predicted octanol–water partition coefficient (Wildman–Crippen LogP) is 3.21. The Labute approximate surface area is 206 Å². The number of carbonyl (C=O) groups is 2. The van der Waals surface area contributed by atoms with Crippen LogP contribution in [-0.4, -0.2) is 62.3 Å². The minimum absolute atomic E-state index is 0.162. The first-order chi connectivity index (χ1) is 16.2. The number of Topliss-reactive ketones (excluding diaryl/α,β-unsaturated/α-hetero) is 1. The smallest absolute Gasteiger partial charge is 0.411 e. The first-order valence-corrected chi connectivity index (χ1v) is 12.1. The van der Waals surface area contributed by atoms with E-state index in [2.05, 4.69) is 11.9 Å². The van der Waals surface area contributed by atoms with E-state index in [0.29, 0.717) is 18.5 Å². The Kier molecular flexibility index (Phi) is 6.00. The normalized spacial score (nSPS) is 44.5. The molecule has 0 radical (unpaired) electrons. The highest BCUT2D eigenvalue weighted by atomic mass is 16.6. The Balaban J connectivity index is 1.85. The maximum atomic E-state index is 13.7. The Morgan fingerprint density at radius 1 is 1.17 bits per heavy atom. The van der Waals surface area contributed by atoms with Crippen molar-refractivity contribution in [2.45, 2.75) is 89.0 Å². The van der Waals surface area contributed by atoms with Gasteiger partial charge in [0.25, 0.3) is 0 Å². The average Bonchev–Trinajstić information content (AvgIpc) is 2.78. The number of aliphatic hydroxyl groups excluding tert-OH is 2.